The number of benzene rings is 3. The molecule has 2 bridgehead atoms. The number of rotatable bonds is 9. The summed E-state index contributed by atoms with van der Waals surface area (Å²) in [5.41, 5.74) is 0.534. The molecule has 9 nitrogen and oxygen atoms in total. The Hall–Kier alpha value is -3.92. The van der Waals surface area contributed by atoms with Crippen LogP contribution in [0.15, 0.2) is 78.9 Å². The number of amides is 3. The second kappa shape index (κ2) is 11.4. The van der Waals surface area contributed by atoms with Crippen LogP contribution in [0.4, 0.5) is 11.4 Å². The fraction of sp³-hybridized carbons (Fsp3) is 0.344. The van der Waals surface area contributed by atoms with E-state index in [2.05, 4.69) is 10.6 Å². The smallest absolute Gasteiger partial charge is 0.250 e. The van der Waals surface area contributed by atoms with Gasteiger partial charge in [-0.05, 0) is 73.9 Å². The number of aliphatic hydroxyl groups excluding tert-OH is 1. The number of halogens is 1. The predicted octanol–water partition coefficient (Wildman–Crippen LogP) is 4.42. The Kier molecular flexibility index (Phi) is 7.66. The Morgan fingerprint density at radius 1 is 1.02 bits per heavy atom. The van der Waals surface area contributed by atoms with Crippen LogP contribution >= 0.6 is 11.6 Å². The quantitative estimate of drug-likeness (QED) is 0.340. The van der Waals surface area contributed by atoms with E-state index in [9.17, 15) is 19.5 Å². The number of nitrogens with zero attached hydrogens (tertiary/aromatic N) is 1. The highest BCUT2D eigenvalue weighted by atomic mass is 35.5. The molecule has 0 radical (unpaired) electrons. The first kappa shape index (κ1) is 28.2. The molecule has 1 spiro atoms. The van der Waals surface area contributed by atoms with Crippen molar-refractivity contribution >= 4 is 40.7 Å². The third-order valence-corrected chi connectivity index (χ3v) is 8.78. The van der Waals surface area contributed by atoms with Gasteiger partial charge in [0.05, 0.1) is 37.2 Å². The number of hydrogen-bond donors (Lipinski definition) is 3. The van der Waals surface area contributed by atoms with E-state index in [0.717, 1.165) is 0 Å². The number of anilines is 2. The molecular formula is C32H32ClN3O6. The Morgan fingerprint density at radius 3 is 2.31 bits per heavy atom. The number of likely N-dealkylation sites (tertiary alicyclic amines) is 1. The third kappa shape index (κ3) is 4.81. The average Bonchev–Trinajstić information content (AvgIpc) is 3.64. The minimum absolute atomic E-state index is 0.344. The number of fused-ring (bicyclic) bond motifs is 1. The Balaban J connectivity index is 1.35. The highest BCUT2D eigenvalue weighted by Crippen LogP contribution is 2.59. The van der Waals surface area contributed by atoms with E-state index in [1.807, 2.05) is 37.3 Å². The molecule has 3 aromatic rings. The monoisotopic (exact) mass is 589 g/mol. The number of carbonyl (C=O) groups excluding carboxylic acids is 3. The molecule has 10 heteroatoms. The van der Waals surface area contributed by atoms with Gasteiger partial charge in [0.25, 0.3) is 0 Å². The predicted molar refractivity (Wildman–Crippen MR) is 157 cm³/mol. The third-order valence-electron chi connectivity index (χ3n) is 8.53. The van der Waals surface area contributed by atoms with E-state index in [1.165, 1.54) is 4.90 Å². The van der Waals surface area contributed by atoms with Gasteiger partial charge in [-0.25, -0.2) is 0 Å². The molecule has 0 aliphatic carbocycles. The van der Waals surface area contributed by atoms with E-state index in [-0.39, 0.29) is 11.8 Å². The molecule has 0 saturated carbocycles. The molecule has 6 rings (SSSR count). The van der Waals surface area contributed by atoms with Crippen molar-refractivity contribution in [1.82, 2.24) is 4.90 Å². The van der Waals surface area contributed by atoms with Crippen LogP contribution in [0.25, 0.3) is 0 Å². The number of ether oxygens (including phenoxy) is 2. The summed E-state index contributed by atoms with van der Waals surface area (Å²) in [5, 5.41) is 16.9. The van der Waals surface area contributed by atoms with Crippen molar-refractivity contribution in [2.24, 2.45) is 11.8 Å². The molecule has 3 saturated heterocycles. The maximum atomic E-state index is 14.4. The zero-order chi connectivity index (χ0) is 29.4. The normalized spacial score (nSPS) is 26.5. The molecule has 3 amide bonds. The van der Waals surface area contributed by atoms with Crippen molar-refractivity contribution in [3.05, 3.63) is 89.4 Å². The molecule has 0 aromatic heterocycles. The lowest BCUT2D eigenvalue weighted by Crippen LogP contribution is -2.54. The average molecular weight is 590 g/mol. The summed E-state index contributed by atoms with van der Waals surface area (Å²) in [5.74, 6) is -2.19. The molecule has 3 fully saturated rings. The Morgan fingerprint density at radius 2 is 1.67 bits per heavy atom. The molecule has 42 heavy (non-hydrogen) atoms. The van der Waals surface area contributed by atoms with Gasteiger partial charge in [0.1, 0.15) is 17.4 Å². The lowest BCUT2D eigenvalue weighted by atomic mass is 9.70. The van der Waals surface area contributed by atoms with Gasteiger partial charge in [0, 0.05) is 16.4 Å². The van der Waals surface area contributed by atoms with Gasteiger partial charge >= 0.3 is 0 Å². The van der Waals surface area contributed by atoms with Crippen molar-refractivity contribution < 1.29 is 29.0 Å². The Labute approximate surface area is 248 Å². The molecule has 2 unspecified atom stereocenters. The van der Waals surface area contributed by atoms with E-state index >= 15 is 0 Å². The molecule has 3 aliphatic rings. The zero-order valence-electron chi connectivity index (χ0n) is 23.0. The van der Waals surface area contributed by atoms with Crippen LogP contribution in [-0.2, 0) is 19.1 Å². The minimum atomic E-state index is -1.22. The van der Waals surface area contributed by atoms with E-state index in [0.29, 0.717) is 47.2 Å². The highest BCUT2D eigenvalue weighted by Gasteiger charge is 2.75. The summed E-state index contributed by atoms with van der Waals surface area (Å²) in [7, 11) is 0. The van der Waals surface area contributed by atoms with Gasteiger partial charge in [-0.15, -0.1) is 0 Å². The van der Waals surface area contributed by atoms with Crippen LogP contribution in [0.1, 0.15) is 31.4 Å². The number of nitrogens with one attached hydrogen (secondary N) is 2. The first-order valence-corrected chi connectivity index (χ1v) is 14.5. The standard InChI is InChI=1S/C32H32ClN3O6/c1-2-41-23-14-12-22(13-15-23)34-29(38)26-25-16-17-32(42-25)27(26)31(40)36(24(18-37)19-6-4-3-5-7-19)28(32)30(39)35-21-10-8-20(33)9-11-21/h3-15,24-28,37H,2,16-18H2,1H3,(H,34,38)(H,35,39)/t24-,25+,26-,27+,28?,32?/m1/s1. The Bertz CT molecular complexity index is 1470. The van der Waals surface area contributed by atoms with Crippen LogP contribution in [0, 0.1) is 11.8 Å². The van der Waals surface area contributed by atoms with Crippen molar-refractivity contribution in [3.8, 4) is 5.75 Å². The summed E-state index contributed by atoms with van der Waals surface area (Å²) in [6.07, 6.45) is 0.445. The molecule has 3 aromatic carbocycles. The van der Waals surface area contributed by atoms with Crippen LogP contribution in [-0.4, -0.2) is 58.7 Å². The number of carbonyl (C=O) groups is 3. The second-order valence-corrected chi connectivity index (χ2v) is 11.3. The largest absolute Gasteiger partial charge is 0.494 e. The van der Waals surface area contributed by atoms with E-state index in [1.54, 1.807) is 48.5 Å². The summed E-state index contributed by atoms with van der Waals surface area (Å²) >= 11 is 6.04. The van der Waals surface area contributed by atoms with Gasteiger partial charge in [0.2, 0.25) is 17.7 Å². The van der Waals surface area contributed by atoms with Crippen molar-refractivity contribution in [3.63, 3.8) is 0 Å². The van der Waals surface area contributed by atoms with Crippen LogP contribution in [0.2, 0.25) is 5.02 Å². The van der Waals surface area contributed by atoms with Crippen molar-refractivity contribution in [2.75, 3.05) is 23.8 Å². The van der Waals surface area contributed by atoms with E-state index in [4.69, 9.17) is 21.1 Å². The lowest BCUT2D eigenvalue weighted by Gasteiger charge is -2.36. The first-order chi connectivity index (χ1) is 20.4. The first-order valence-electron chi connectivity index (χ1n) is 14.1. The second-order valence-electron chi connectivity index (χ2n) is 10.9. The molecule has 3 heterocycles. The highest BCUT2D eigenvalue weighted by molar-refractivity contribution is 6.30. The topological polar surface area (TPSA) is 117 Å². The maximum Gasteiger partial charge on any atom is 0.250 e. The molecule has 6 atom stereocenters. The zero-order valence-corrected chi connectivity index (χ0v) is 23.8. The van der Waals surface area contributed by atoms with Crippen molar-refractivity contribution in [2.45, 2.75) is 43.6 Å². The lowest BCUT2D eigenvalue weighted by molar-refractivity contribution is -0.143. The van der Waals surface area contributed by atoms with Crippen molar-refractivity contribution in [1.29, 1.82) is 0 Å². The summed E-state index contributed by atoms with van der Waals surface area (Å²) in [6.45, 7) is 2.01. The molecule has 3 aliphatic heterocycles. The number of hydrogen-bond acceptors (Lipinski definition) is 6. The van der Waals surface area contributed by atoms with Gasteiger partial charge < -0.3 is 30.1 Å². The summed E-state index contributed by atoms with van der Waals surface area (Å²) < 4.78 is 12.0. The molecule has 218 valence electrons. The fourth-order valence-electron chi connectivity index (χ4n) is 6.83. The number of aliphatic hydroxyl groups is 1. The SMILES string of the molecule is CCOc1ccc(NC(=O)[C@@H]2[C@@H]3CCC4(O3)C(C(=O)Nc3ccc(Cl)cc3)N([C@H](CO)c3ccccc3)C(=O)[C@H]24)cc1. The van der Waals surface area contributed by atoms with Gasteiger partial charge in [-0.1, -0.05) is 41.9 Å². The summed E-state index contributed by atoms with van der Waals surface area (Å²) in [6, 6.07) is 20.9. The molecule has 3 N–H and O–H groups in total. The van der Waals surface area contributed by atoms with Gasteiger partial charge in [-0.3, -0.25) is 14.4 Å². The van der Waals surface area contributed by atoms with Crippen LogP contribution < -0.4 is 15.4 Å². The summed E-state index contributed by atoms with van der Waals surface area (Å²) in [4.78, 5) is 43.6. The van der Waals surface area contributed by atoms with Crippen LogP contribution in [0.5, 0.6) is 5.75 Å². The van der Waals surface area contributed by atoms with E-state index < -0.39 is 48.1 Å². The minimum Gasteiger partial charge on any atom is -0.494 e. The maximum absolute atomic E-state index is 14.4. The van der Waals surface area contributed by atoms with Crippen LogP contribution in [0.3, 0.4) is 0 Å². The molecular weight excluding hydrogens is 558 g/mol. The van der Waals surface area contributed by atoms with Gasteiger partial charge in [-0.2, -0.15) is 0 Å². The van der Waals surface area contributed by atoms with Gasteiger partial charge in [0.15, 0.2) is 0 Å². The fourth-order valence-corrected chi connectivity index (χ4v) is 6.95.